The van der Waals surface area contributed by atoms with Gasteiger partial charge in [0.1, 0.15) is 12.3 Å². The van der Waals surface area contributed by atoms with Crippen LogP contribution in [-0.4, -0.2) is 74.0 Å². The van der Waals surface area contributed by atoms with E-state index in [-0.39, 0.29) is 12.1 Å². The number of hydrogen-bond donors (Lipinski definition) is 1. The molecule has 0 aromatic heterocycles. The Balaban J connectivity index is 1.84. The number of likely N-dealkylation sites (N-methyl/N-ethyl adjacent to an activating group) is 1. The van der Waals surface area contributed by atoms with E-state index in [0.29, 0.717) is 6.54 Å². The predicted molar refractivity (Wildman–Crippen MR) is 70.4 cm³/mol. The molecule has 0 bridgehead atoms. The normalized spacial score (nSPS) is 37.0. The van der Waals surface area contributed by atoms with Crippen molar-refractivity contribution in [3.05, 3.63) is 0 Å². The summed E-state index contributed by atoms with van der Waals surface area (Å²) >= 11 is 0. The molecule has 2 N–H and O–H groups in total. The summed E-state index contributed by atoms with van der Waals surface area (Å²) in [5.41, 5.74) is 6.06. The Bertz CT molecular complexity index is 247. The minimum Gasteiger partial charge on any atom is -0.370 e. The molecule has 0 saturated carbocycles. The van der Waals surface area contributed by atoms with Gasteiger partial charge in [-0.25, -0.2) is 4.39 Å². The molecule has 2 saturated heterocycles. The molecule has 0 aromatic rings. The third-order valence-electron chi connectivity index (χ3n) is 4.14. The standard InChI is InChI=1S/C13H26FN3O/c1-3-17-8-11(14)13(12(15)9-17)18-10-4-6-16(2)7-5-10/h10-13H,3-9,15H2,1-2H3. The molecule has 2 rings (SSSR count). The molecule has 2 aliphatic rings. The highest BCUT2D eigenvalue weighted by molar-refractivity contribution is 4.91. The van der Waals surface area contributed by atoms with Crippen molar-refractivity contribution in [2.75, 3.05) is 39.8 Å². The highest BCUT2D eigenvalue weighted by Crippen LogP contribution is 2.22. The molecule has 2 aliphatic heterocycles. The Kier molecular flexibility index (Phi) is 4.95. The van der Waals surface area contributed by atoms with Gasteiger partial charge in [-0.1, -0.05) is 6.92 Å². The van der Waals surface area contributed by atoms with E-state index in [0.717, 1.165) is 39.0 Å². The molecule has 5 heteroatoms. The Morgan fingerprint density at radius 2 is 1.94 bits per heavy atom. The SMILES string of the molecule is CCN1CC(N)C(OC2CCN(C)CC2)C(F)C1. The van der Waals surface area contributed by atoms with E-state index in [2.05, 4.69) is 16.8 Å². The lowest BCUT2D eigenvalue weighted by Crippen LogP contribution is -2.59. The van der Waals surface area contributed by atoms with Crippen molar-refractivity contribution < 1.29 is 9.13 Å². The summed E-state index contributed by atoms with van der Waals surface area (Å²) in [5, 5.41) is 0. The summed E-state index contributed by atoms with van der Waals surface area (Å²) in [7, 11) is 2.11. The Morgan fingerprint density at radius 3 is 2.50 bits per heavy atom. The van der Waals surface area contributed by atoms with Gasteiger partial charge in [-0.05, 0) is 26.4 Å². The van der Waals surface area contributed by atoms with E-state index in [1.807, 2.05) is 6.92 Å². The number of likely N-dealkylation sites (tertiary alicyclic amines) is 2. The molecular weight excluding hydrogens is 233 g/mol. The summed E-state index contributed by atoms with van der Waals surface area (Å²) in [5.74, 6) is 0. The number of piperidine rings is 2. The highest BCUT2D eigenvalue weighted by Gasteiger charge is 2.37. The summed E-state index contributed by atoms with van der Waals surface area (Å²) in [6, 6.07) is -0.201. The summed E-state index contributed by atoms with van der Waals surface area (Å²) in [4.78, 5) is 4.34. The predicted octanol–water partition coefficient (Wildman–Crippen LogP) is 0.467. The van der Waals surface area contributed by atoms with Crippen molar-refractivity contribution in [3.63, 3.8) is 0 Å². The fourth-order valence-electron chi connectivity index (χ4n) is 2.88. The van der Waals surface area contributed by atoms with Crippen molar-refractivity contribution >= 4 is 0 Å². The van der Waals surface area contributed by atoms with Crippen LogP contribution in [0.1, 0.15) is 19.8 Å². The van der Waals surface area contributed by atoms with Crippen LogP contribution in [0.2, 0.25) is 0 Å². The Hall–Kier alpha value is -0.230. The Labute approximate surface area is 109 Å². The van der Waals surface area contributed by atoms with Gasteiger partial charge in [-0.2, -0.15) is 0 Å². The van der Waals surface area contributed by atoms with Gasteiger partial charge < -0.3 is 15.4 Å². The lowest BCUT2D eigenvalue weighted by atomic mass is 10.00. The van der Waals surface area contributed by atoms with Crippen molar-refractivity contribution in [1.82, 2.24) is 9.80 Å². The second kappa shape index (κ2) is 6.28. The van der Waals surface area contributed by atoms with E-state index in [1.165, 1.54) is 0 Å². The lowest BCUT2D eigenvalue weighted by Gasteiger charge is -2.41. The van der Waals surface area contributed by atoms with Crippen LogP contribution in [0.4, 0.5) is 4.39 Å². The van der Waals surface area contributed by atoms with Crippen LogP contribution in [0, 0.1) is 0 Å². The monoisotopic (exact) mass is 259 g/mol. The molecule has 2 fully saturated rings. The Morgan fingerprint density at radius 1 is 1.28 bits per heavy atom. The topological polar surface area (TPSA) is 41.7 Å². The maximum absolute atomic E-state index is 14.1. The number of nitrogens with zero attached hydrogens (tertiary/aromatic N) is 2. The first kappa shape index (κ1) is 14.2. The van der Waals surface area contributed by atoms with Gasteiger partial charge in [0.15, 0.2) is 0 Å². The van der Waals surface area contributed by atoms with Gasteiger partial charge in [0, 0.05) is 32.2 Å². The van der Waals surface area contributed by atoms with Crippen LogP contribution in [0.25, 0.3) is 0 Å². The average Bonchev–Trinajstić information content (AvgIpc) is 2.35. The van der Waals surface area contributed by atoms with Crippen LogP contribution >= 0.6 is 0 Å². The minimum absolute atomic E-state index is 0.184. The van der Waals surface area contributed by atoms with Crippen molar-refractivity contribution in [2.45, 2.75) is 44.2 Å². The van der Waals surface area contributed by atoms with Gasteiger partial charge in [0.05, 0.1) is 6.10 Å². The number of nitrogens with two attached hydrogens (primary N) is 1. The third-order valence-corrected chi connectivity index (χ3v) is 4.14. The van der Waals surface area contributed by atoms with Gasteiger partial charge in [0.25, 0.3) is 0 Å². The third kappa shape index (κ3) is 3.41. The van der Waals surface area contributed by atoms with E-state index in [1.54, 1.807) is 0 Å². The lowest BCUT2D eigenvalue weighted by molar-refractivity contribution is -0.105. The first-order valence-corrected chi connectivity index (χ1v) is 7.06. The number of rotatable bonds is 3. The molecule has 0 amide bonds. The highest BCUT2D eigenvalue weighted by atomic mass is 19.1. The van der Waals surface area contributed by atoms with Gasteiger partial charge in [-0.3, -0.25) is 4.90 Å². The summed E-state index contributed by atoms with van der Waals surface area (Å²) in [6.07, 6.45) is 0.798. The number of halogens is 1. The van der Waals surface area contributed by atoms with Crippen molar-refractivity contribution in [3.8, 4) is 0 Å². The van der Waals surface area contributed by atoms with Gasteiger partial charge in [-0.15, -0.1) is 0 Å². The van der Waals surface area contributed by atoms with E-state index >= 15 is 0 Å². The molecule has 0 aromatic carbocycles. The molecule has 2 heterocycles. The zero-order valence-electron chi connectivity index (χ0n) is 11.5. The number of ether oxygens (including phenoxy) is 1. The second-order valence-corrected chi connectivity index (χ2v) is 5.64. The molecule has 0 radical (unpaired) electrons. The minimum atomic E-state index is -0.951. The zero-order chi connectivity index (χ0) is 13.1. The molecule has 3 atom stereocenters. The maximum Gasteiger partial charge on any atom is 0.140 e. The zero-order valence-corrected chi connectivity index (χ0v) is 11.5. The fraction of sp³-hybridized carbons (Fsp3) is 1.00. The van der Waals surface area contributed by atoms with Crippen LogP contribution in [0.5, 0.6) is 0 Å². The van der Waals surface area contributed by atoms with Crippen LogP contribution in [-0.2, 0) is 4.74 Å². The largest absolute Gasteiger partial charge is 0.370 e. The molecule has 106 valence electrons. The van der Waals surface area contributed by atoms with Crippen molar-refractivity contribution in [2.24, 2.45) is 5.73 Å². The van der Waals surface area contributed by atoms with Crippen LogP contribution < -0.4 is 5.73 Å². The quantitative estimate of drug-likeness (QED) is 0.800. The van der Waals surface area contributed by atoms with Crippen LogP contribution in [0.3, 0.4) is 0 Å². The molecule has 0 aliphatic carbocycles. The smallest absolute Gasteiger partial charge is 0.140 e. The summed E-state index contributed by atoms with van der Waals surface area (Å²) in [6.45, 7) is 6.16. The van der Waals surface area contributed by atoms with E-state index < -0.39 is 12.3 Å². The second-order valence-electron chi connectivity index (χ2n) is 5.64. The first-order valence-electron chi connectivity index (χ1n) is 7.06. The molecule has 3 unspecified atom stereocenters. The molecular formula is C13H26FN3O. The van der Waals surface area contributed by atoms with Gasteiger partial charge in [0.2, 0.25) is 0 Å². The van der Waals surface area contributed by atoms with Crippen LogP contribution in [0.15, 0.2) is 0 Å². The molecule has 0 spiro atoms. The van der Waals surface area contributed by atoms with Crippen molar-refractivity contribution in [1.29, 1.82) is 0 Å². The maximum atomic E-state index is 14.1. The first-order chi connectivity index (χ1) is 8.60. The fourth-order valence-corrected chi connectivity index (χ4v) is 2.88. The molecule has 4 nitrogen and oxygen atoms in total. The van der Waals surface area contributed by atoms with Gasteiger partial charge >= 0.3 is 0 Å². The molecule has 18 heavy (non-hydrogen) atoms. The van der Waals surface area contributed by atoms with E-state index in [4.69, 9.17) is 10.5 Å². The summed E-state index contributed by atoms with van der Waals surface area (Å²) < 4.78 is 20.1. The van der Waals surface area contributed by atoms with E-state index in [9.17, 15) is 4.39 Å². The number of hydrogen-bond acceptors (Lipinski definition) is 4. The number of alkyl halides is 1. The average molecular weight is 259 g/mol.